The number of ether oxygens (including phenoxy) is 1. The molecule has 0 aliphatic carbocycles. The monoisotopic (exact) mass is 389 g/mol. The molecule has 136 valence electrons. The zero-order valence-corrected chi connectivity index (χ0v) is 15.4. The van der Waals surface area contributed by atoms with Gasteiger partial charge < -0.3 is 10.1 Å². The summed E-state index contributed by atoms with van der Waals surface area (Å²) in [5.74, 6) is 1.12. The number of thioether (sulfide) groups is 2. The summed E-state index contributed by atoms with van der Waals surface area (Å²) in [5, 5.41) is 3.69. The Balaban J connectivity index is 2.40. The first kappa shape index (κ1) is 19.8. The van der Waals surface area contributed by atoms with E-state index in [2.05, 4.69) is 5.32 Å². The smallest absolute Gasteiger partial charge is 0.416 e. The van der Waals surface area contributed by atoms with Crippen molar-refractivity contribution in [3.05, 3.63) is 51.6 Å². The van der Waals surface area contributed by atoms with Crippen LogP contribution in [0.4, 0.5) is 13.2 Å². The van der Waals surface area contributed by atoms with Crippen LogP contribution in [0.15, 0.2) is 40.5 Å². The lowest BCUT2D eigenvalue weighted by molar-refractivity contribution is -0.137. The van der Waals surface area contributed by atoms with Crippen LogP contribution in [0, 0.1) is 0 Å². The summed E-state index contributed by atoms with van der Waals surface area (Å²) in [4.78, 5) is 13.0. The highest BCUT2D eigenvalue weighted by molar-refractivity contribution is 8.08. The average Bonchev–Trinajstić information content (AvgIpc) is 2.88. The molecule has 1 aromatic carbocycles. The molecule has 0 atom stereocenters. The molecule has 1 N–H and O–H groups in total. The molecular weight excluding hydrogens is 371 g/mol. The lowest BCUT2D eigenvalue weighted by Crippen LogP contribution is -2.12. The Bertz CT molecular complexity index is 699. The van der Waals surface area contributed by atoms with E-state index >= 15 is 0 Å². The molecule has 1 aliphatic heterocycles. The second kappa shape index (κ2) is 8.71. The van der Waals surface area contributed by atoms with Gasteiger partial charge in [-0.25, -0.2) is 0 Å². The minimum absolute atomic E-state index is 0.247. The molecule has 0 amide bonds. The summed E-state index contributed by atoms with van der Waals surface area (Å²) in [6, 6.07) is 4.83. The molecule has 0 aromatic heterocycles. The van der Waals surface area contributed by atoms with Crippen molar-refractivity contribution in [3.8, 4) is 0 Å². The Morgan fingerprint density at radius 1 is 1.32 bits per heavy atom. The van der Waals surface area contributed by atoms with Crippen LogP contribution in [-0.4, -0.2) is 24.0 Å². The van der Waals surface area contributed by atoms with Crippen LogP contribution in [-0.2, 0) is 15.7 Å². The summed E-state index contributed by atoms with van der Waals surface area (Å²) in [6.07, 6.45) is -3.09. The maximum absolute atomic E-state index is 13.0. The summed E-state index contributed by atoms with van der Waals surface area (Å²) in [5.41, 5.74) is -0.283. The number of hydrogen-bond donors (Lipinski definition) is 1. The Morgan fingerprint density at radius 3 is 2.72 bits per heavy atom. The van der Waals surface area contributed by atoms with Gasteiger partial charge in [-0.15, -0.1) is 11.8 Å². The van der Waals surface area contributed by atoms with Crippen molar-refractivity contribution in [2.45, 2.75) is 20.0 Å². The van der Waals surface area contributed by atoms with E-state index in [-0.39, 0.29) is 16.9 Å². The van der Waals surface area contributed by atoms with Crippen LogP contribution >= 0.6 is 23.5 Å². The fraction of sp³-hybridized carbons (Fsp3) is 0.353. The number of ketones is 1. The van der Waals surface area contributed by atoms with Crippen LogP contribution in [0.2, 0.25) is 0 Å². The first-order valence-electron chi connectivity index (χ1n) is 7.66. The Labute approximate surface area is 153 Å². The van der Waals surface area contributed by atoms with Gasteiger partial charge >= 0.3 is 6.18 Å². The molecule has 1 aromatic rings. The number of alkyl halides is 3. The molecule has 0 bridgehead atoms. The summed E-state index contributed by atoms with van der Waals surface area (Å²) < 4.78 is 44.1. The number of halogens is 3. The minimum atomic E-state index is -4.46. The fourth-order valence-corrected chi connectivity index (χ4v) is 3.66. The van der Waals surface area contributed by atoms with Crippen LogP contribution in [0.5, 0.6) is 0 Å². The van der Waals surface area contributed by atoms with Gasteiger partial charge in [-0.2, -0.15) is 13.2 Å². The van der Waals surface area contributed by atoms with Crippen LogP contribution < -0.4 is 5.32 Å². The molecule has 8 heteroatoms. The molecule has 0 fully saturated rings. The van der Waals surface area contributed by atoms with Gasteiger partial charge in [0.2, 0.25) is 5.78 Å². The number of allylic oxidation sites excluding steroid dienone is 2. The molecule has 1 heterocycles. The zero-order chi connectivity index (χ0) is 18.4. The Hall–Kier alpha value is -1.54. The van der Waals surface area contributed by atoms with Crippen molar-refractivity contribution in [1.82, 2.24) is 5.32 Å². The summed E-state index contributed by atoms with van der Waals surface area (Å²) in [7, 11) is 0. The van der Waals surface area contributed by atoms with Gasteiger partial charge in [0, 0.05) is 0 Å². The molecule has 25 heavy (non-hydrogen) atoms. The van der Waals surface area contributed by atoms with E-state index in [1.165, 1.54) is 30.2 Å². The number of carbonyl (C=O) groups is 1. The largest absolute Gasteiger partial charge is 0.500 e. The van der Waals surface area contributed by atoms with E-state index in [4.69, 9.17) is 4.74 Å². The minimum Gasteiger partial charge on any atom is -0.500 e. The second-order valence-corrected chi connectivity index (χ2v) is 7.29. The van der Waals surface area contributed by atoms with E-state index in [1.807, 2.05) is 6.92 Å². The molecule has 0 saturated heterocycles. The van der Waals surface area contributed by atoms with Gasteiger partial charge in [0.1, 0.15) is 6.26 Å². The first-order chi connectivity index (χ1) is 11.9. The molecule has 2 rings (SSSR count). The first-order valence-corrected chi connectivity index (χ1v) is 9.63. The molecular formula is C17H18F3NO2S2. The predicted octanol–water partition coefficient (Wildman–Crippen LogP) is 4.87. The van der Waals surface area contributed by atoms with Crippen molar-refractivity contribution in [1.29, 1.82) is 0 Å². The van der Waals surface area contributed by atoms with Crippen LogP contribution in [0.1, 0.15) is 25.0 Å². The molecule has 1 aliphatic rings. The Kier molecular flexibility index (Phi) is 6.89. The van der Waals surface area contributed by atoms with Crippen molar-refractivity contribution >= 4 is 34.9 Å². The van der Waals surface area contributed by atoms with E-state index < -0.39 is 11.7 Å². The maximum Gasteiger partial charge on any atom is 0.416 e. The third kappa shape index (κ3) is 4.98. The van der Waals surface area contributed by atoms with Crippen molar-refractivity contribution in [2.75, 3.05) is 18.2 Å². The van der Waals surface area contributed by atoms with Crippen molar-refractivity contribution in [3.63, 3.8) is 0 Å². The third-order valence-electron chi connectivity index (χ3n) is 3.26. The number of rotatable bonds is 7. The maximum atomic E-state index is 13.0. The standard InChI is InChI=1S/C17H18F3NO2S2/c1-3-23-9-13-15(22)14(16(25-13)21-10-24-4-2)11-6-5-7-12(8-11)17(18,19)20/h5-9,21H,3-4,10H2,1-2H3. The fourth-order valence-electron chi connectivity index (χ4n) is 2.13. The van der Waals surface area contributed by atoms with Gasteiger partial charge in [0.15, 0.2) is 0 Å². The topological polar surface area (TPSA) is 38.3 Å². The van der Waals surface area contributed by atoms with Gasteiger partial charge in [-0.1, -0.05) is 30.8 Å². The van der Waals surface area contributed by atoms with E-state index in [0.717, 1.165) is 17.9 Å². The molecule has 0 radical (unpaired) electrons. The van der Waals surface area contributed by atoms with Gasteiger partial charge in [0.05, 0.1) is 33.6 Å². The van der Waals surface area contributed by atoms with Crippen LogP contribution in [0.3, 0.4) is 0 Å². The number of nitrogens with one attached hydrogen (secondary N) is 1. The van der Waals surface area contributed by atoms with Crippen molar-refractivity contribution in [2.24, 2.45) is 0 Å². The van der Waals surface area contributed by atoms with E-state index in [1.54, 1.807) is 18.7 Å². The highest BCUT2D eigenvalue weighted by Crippen LogP contribution is 2.42. The van der Waals surface area contributed by atoms with Crippen LogP contribution in [0.25, 0.3) is 5.57 Å². The number of carbonyl (C=O) groups excluding carboxylic acids is 1. The van der Waals surface area contributed by atoms with Gasteiger partial charge in [0.25, 0.3) is 0 Å². The molecule has 0 unspecified atom stereocenters. The number of benzene rings is 1. The highest BCUT2D eigenvalue weighted by Gasteiger charge is 2.34. The quantitative estimate of drug-likeness (QED) is 0.312. The third-order valence-corrected chi connectivity index (χ3v) is 5.08. The van der Waals surface area contributed by atoms with Gasteiger partial charge in [-0.05, 0) is 30.4 Å². The lowest BCUT2D eigenvalue weighted by Gasteiger charge is -2.11. The van der Waals surface area contributed by atoms with E-state index in [0.29, 0.717) is 22.4 Å². The lowest BCUT2D eigenvalue weighted by atomic mass is 10.00. The molecule has 3 nitrogen and oxygen atoms in total. The second-order valence-electron chi connectivity index (χ2n) is 4.97. The van der Waals surface area contributed by atoms with E-state index in [9.17, 15) is 18.0 Å². The summed E-state index contributed by atoms with van der Waals surface area (Å²) in [6.45, 7) is 4.20. The normalized spacial score (nSPS) is 16.7. The molecule has 0 saturated carbocycles. The zero-order valence-electron chi connectivity index (χ0n) is 13.8. The highest BCUT2D eigenvalue weighted by atomic mass is 32.2. The predicted molar refractivity (Wildman–Crippen MR) is 96.8 cm³/mol. The summed E-state index contributed by atoms with van der Waals surface area (Å²) >= 11 is 2.81. The number of hydrogen-bond acceptors (Lipinski definition) is 5. The Morgan fingerprint density at radius 2 is 2.08 bits per heavy atom. The van der Waals surface area contributed by atoms with Crippen molar-refractivity contribution < 1.29 is 22.7 Å². The van der Waals surface area contributed by atoms with Gasteiger partial charge in [-0.3, -0.25) is 4.79 Å². The SMILES string of the molecule is CCOC=C1SC(NCSCC)=C(c2cccc(C(F)(F)F)c2)C1=O. The molecule has 0 spiro atoms. The average molecular weight is 389 g/mol. The number of Topliss-reactive ketones (excluding diaryl/α,β-unsaturated/α-hetero) is 1.